The van der Waals surface area contributed by atoms with E-state index in [4.69, 9.17) is 13.9 Å². The zero-order chi connectivity index (χ0) is 19.0. The van der Waals surface area contributed by atoms with Crippen molar-refractivity contribution in [2.45, 2.75) is 19.8 Å². The Morgan fingerprint density at radius 3 is 2.78 bits per heavy atom. The highest BCUT2D eigenvalue weighted by molar-refractivity contribution is 5.98. The second-order valence-corrected chi connectivity index (χ2v) is 7.08. The highest BCUT2D eigenvalue weighted by atomic mass is 16.6. The fourth-order valence-electron chi connectivity index (χ4n) is 3.53. The number of oxazole rings is 1. The van der Waals surface area contributed by atoms with Crippen LogP contribution in [0.3, 0.4) is 0 Å². The van der Waals surface area contributed by atoms with Crippen LogP contribution < -0.4 is 9.47 Å². The van der Waals surface area contributed by atoms with Crippen molar-refractivity contribution in [3.8, 4) is 22.8 Å². The highest BCUT2D eigenvalue weighted by Crippen LogP contribution is 2.36. The van der Waals surface area contributed by atoms with Crippen LogP contribution in [-0.4, -0.2) is 53.2 Å². The molecular weight excluding hydrogens is 352 g/mol. The number of hydrogen-bond acceptors (Lipinski definition) is 6. The lowest BCUT2D eigenvalue weighted by molar-refractivity contribution is -0.150. The Kier molecular flexibility index (Phi) is 4.25. The third-order valence-corrected chi connectivity index (χ3v) is 5.07. The number of nitrogens with zero attached hydrogens (tertiary/aromatic N) is 2. The van der Waals surface area contributed by atoms with Crippen LogP contribution in [0.5, 0.6) is 11.5 Å². The van der Waals surface area contributed by atoms with Gasteiger partial charge >= 0.3 is 5.97 Å². The molecule has 0 saturated carbocycles. The number of carboxylic acids is 1. The maximum atomic E-state index is 13.0. The quantitative estimate of drug-likeness (QED) is 0.883. The molecule has 0 radical (unpaired) electrons. The molecule has 8 heteroatoms. The molecule has 1 saturated heterocycles. The van der Waals surface area contributed by atoms with Gasteiger partial charge in [-0.2, -0.15) is 0 Å². The van der Waals surface area contributed by atoms with Crippen molar-refractivity contribution >= 4 is 11.9 Å². The number of carboxylic acid groups (broad SMARTS) is 1. The lowest BCUT2D eigenvalue weighted by atomic mass is 9.82. The number of aliphatic carboxylic acids is 1. The summed E-state index contributed by atoms with van der Waals surface area (Å²) < 4.78 is 16.6. The molecular formula is C19H20N2O6. The minimum Gasteiger partial charge on any atom is -0.486 e. The first-order valence-corrected chi connectivity index (χ1v) is 8.84. The normalized spacial score (nSPS) is 21.7. The number of hydrogen-bond donors (Lipinski definition) is 1. The zero-order valence-corrected chi connectivity index (χ0v) is 14.9. The summed E-state index contributed by atoms with van der Waals surface area (Å²) in [4.78, 5) is 30.2. The molecule has 2 aliphatic heterocycles. The molecule has 1 aromatic heterocycles. The molecule has 142 valence electrons. The van der Waals surface area contributed by atoms with Crippen LogP contribution in [0.15, 0.2) is 29.0 Å². The summed E-state index contributed by atoms with van der Waals surface area (Å²) >= 11 is 0. The molecule has 3 heterocycles. The van der Waals surface area contributed by atoms with Gasteiger partial charge in [-0.3, -0.25) is 9.59 Å². The van der Waals surface area contributed by atoms with E-state index in [0.717, 1.165) is 0 Å². The molecule has 4 rings (SSSR count). The first-order chi connectivity index (χ1) is 13.0. The van der Waals surface area contributed by atoms with E-state index in [1.54, 1.807) is 25.1 Å². The van der Waals surface area contributed by atoms with E-state index < -0.39 is 11.4 Å². The highest BCUT2D eigenvalue weighted by Gasteiger charge is 2.40. The second kappa shape index (κ2) is 6.61. The lowest BCUT2D eigenvalue weighted by Crippen LogP contribution is -2.48. The van der Waals surface area contributed by atoms with Gasteiger partial charge in [0.25, 0.3) is 5.91 Å². The van der Waals surface area contributed by atoms with E-state index in [1.807, 2.05) is 0 Å². The van der Waals surface area contributed by atoms with Crippen LogP contribution in [0.4, 0.5) is 0 Å². The summed E-state index contributed by atoms with van der Waals surface area (Å²) in [6, 6.07) is 5.30. The van der Waals surface area contributed by atoms with Crippen LogP contribution in [0, 0.1) is 5.41 Å². The number of amides is 1. The van der Waals surface area contributed by atoms with Gasteiger partial charge in [0.15, 0.2) is 29.3 Å². The predicted molar refractivity (Wildman–Crippen MR) is 93.8 cm³/mol. The Morgan fingerprint density at radius 1 is 1.22 bits per heavy atom. The largest absolute Gasteiger partial charge is 0.486 e. The fraction of sp³-hybridized carbons (Fsp3) is 0.421. The molecule has 27 heavy (non-hydrogen) atoms. The maximum absolute atomic E-state index is 13.0. The van der Waals surface area contributed by atoms with Crippen molar-refractivity contribution in [1.29, 1.82) is 0 Å². The summed E-state index contributed by atoms with van der Waals surface area (Å²) in [5.41, 5.74) is -0.131. The molecule has 0 bridgehead atoms. The second-order valence-electron chi connectivity index (χ2n) is 7.08. The van der Waals surface area contributed by atoms with Crippen molar-refractivity contribution in [3.05, 3.63) is 30.3 Å². The molecule has 1 fully saturated rings. The molecule has 1 aromatic carbocycles. The van der Waals surface area contributed by atoms with Gasteiger partial charge in [-0.05, 0) is 38.0 Å². The fourth-order valence-corrected chi connectivity index (χ4v) is 3.53. The number of aromatic nitrogens is 1. The van der Waals surface area contributed by atoms with E-state index in [2.05, 4.69) is 4.98 Å². The summed E-state index contributed by atoms with van der Waals surface area (Å²) in [5, 5.41) is 9.47. The third-order valence-electron chi connectivity index (χ3n) is 5.07. The van der Waals surface area contributed by atoms with E-state index in [0.29, 0.717) is 55.4 Å². The minimum absolute atomic E-state index is 0.147. The van der Waals surface area contributed by atoms with Gasteiger partial charge in [0.2, 0.25) is 0 Å². The van der Waals surface area contributed by atoms with Gasteiger partial charge in [0.05, 0.1) is 5.41 Å². The summed E-state index contributed by atoms with van der Waals surface area (Å²) in [6.45, 7) is 3.26. The van der Waals surface area contributed by atoms with Crippen LogP contribution >= 0.6 is 0 Å². The van der Waals surface area contributed by atoms with Crippen molar-refractivity contribution < 1.29 is 28.6 Å². The topological polar surface area (TPSA) is 102 Å². The number of benzene rings is 1. The first-order valence-electron chi connectivity index (χ1n) is 8.84. The van der Waals surface area contributed by atoms with Crippen LogP contribution in [0.25, 0.3) is 11.3 Å². The Hall–Kier alpha value is -3.03. The molecule has 1 atom stereocenters. The molecule has 0 spiro atoms. The average Bonchev–Trinajstić information content (AvgIpc) is 3.16. The minimum atomic E-state index is -0.950. The Labute approximate surface area is 155 Å². The number of fused-ring (bicyclic) bond motifs is 1. The lowest BCUT2D eigenvalue weighted by Gasteiger charge is -2.37. The summed E-state index contributed by atoms with van der Waals surface area (Å²) in [7, 11) is 0. The van der Waals surface area contributed by atoms with Crippen molar-refractivity contribution in [2.24, 2.45) is 5.41 Å². The van der Waals surface area contributed by atoms with Crippen molar-refractivity contribution in [2.75, 3.05) is 26.3 Å². The monoisotopic (exact) mass is 372 g/mol. The van der Waals surface area contributed by atoms with E-state index >= 15 is 0 Å². The smallest absolute Gasteiger partial charge is 0.311 e. The maximum Gasteiger partial charge on any atom is 0.311 e. The summed E-state index contributed by atoms with van der Waals surface area (Å²) in [6.07, 6.45) is 2.39. The van der Waals surface area contributed by atoms with Gasteiger partial charge in [0.1, 0.15) is 13.2 Å². The van der Waals surface area contributed by atoms with Gasteiger partial charge in [-0.25, -0.2) is 4.98 Å². The number of carbonyl (C=O) groups excluding carboxylic acids is 1. The number of likely N-dealkylation sites (tertiary alicyclic amines) is 1. The molecule has 2 aromatic rings. The Bertz CT molecular complexity index is 892. The Morgan fingerprint density at radius 2 is 2.00 bits per heavy atom. The van der Waals surface area contributed by atoms with Gasteiger partial charge in [-0.1, -0.05) is 0 Å². The molecule has 2 aliphatic rings. The standard InChI is InChI=1S/C19H20N2O6/c1-19(18(23)24)5-2-6-21(10-19)17(22)15-16(27-11-20-15)12-3-4-13-14(9-12)26-8-7-25-13/h3-4,9,11H,2,5-8,10H2,1H3,(H,23,24). The van der Waals surface area contributed by atoms with Gasteiger partial charge in [-0.15, -0.1) is 0 Å². The molecule has 1 N–H and O–H groups in total. The Balaban J connectivity index is 1.62. The number of carbonyl (C=O) groups is 2. The van der Waals surface area contributed by atoms with Gasteiger partial charge < -0.3 is 23.9 Å². The summed E-state index contributed by atoms with van der Waals surface area (Å²) in [5.74, 6) is 0.336. The molecule has 1 amide bonds. The zero-order valence-electron chi connectivity index (χ0n) is 14.9. The average molecular weight is 372 g/mol. The van der Waals surface area contributed by atoms with E-state index in [9.17, 15) is 14.7 Å². The molecule has 1 unspecified atom stereocenters. The van der Waals surface area contributed by atoms with Crippen molar-refractivity contribution in [3.63, 3.8) is 0 Å². The number of rotatable bonds is 3. The van der Waals surface area contributed by atoms with E-state index in [-0.39, 0.29) is 18.1 Å². The SMILES string of the molecule is CC1(C(=O)O)CCCN(C(=O)c2ncoc2-c2ccc3c(c2)OCCO3)C1. The van der Waals surface area contributed by atoms with Crippen LogP contribution in [-0.2, 0) is 4.79 Å². The van der Waals surface area contributed by atoms with Crippen molar-refractivity contribution in [1.82, 2.24) is 9.88 Å². The first kappa shape index (κ1) is 17.4. The van der Waals surface area contributed by atoms with Crippen LogP contribution in [0.2, 0.25) is 0 Å². The van der Waals surface area contributed by atoms with E-state index in [1.165, 1.54) is 11.3 Å². The molecule has 8 nitrogen and oxygen atoms in total. The predicted octanol–water partition coefficient (Wildman–Crippen LogP) is 2.44. The van der Waals surface area contributed by atoms with Crippen LogP contribution in [0.1, 0.15) is 30.3 Å². The number of piperidine rings is 1. The van der Waals surface area contributed by atoms with Gasteiger partial charge in [0, 0.05) is 18.7 Å². The third kappa shape index (κ3) is 3.11. The molecule has 0 aliphatic carbocycles. The number of ether oxygens (including phenoxy) is 2.